The Balaban J connectivity index is 1.59. The van der Waals surface area contributed by atoms with Crippen molar-refractivity contribution >= 4 is 17.7 Å². The normalized spacial score (nSPS) is 26.9. The number of nitrogens with zero attached hydrogens (tertiary/aromatic N) is 1. The minimum Gasteiger partial charge on any atom is -0.376 e. The van der Waals surface area contributed by atoms with Gasteiger partial charge in [0.15, 0.2) is 0 Å². The van der Waals surface area contributed by atoms with Crippen LogP contribution in [-0.4, -0.2) is 61.2 Å². The summed E-state index contributed by atoms with van der Waals surface area (Å²) >= 11 is 1.97. The second-order valence-electron chi connectivity index (χ2n) is 4.33. The number of carbonyl (C=O) groups excluding carboxylic acids is 1. The van der Waals surface area contributed by atoms with Crippen molar-refractivity contribution < 1.29 is 9.53 Å². The van der Waals surface area contributed by atoms with Gasteiger partial charge in [-0.2, -0.15) is 11.8 Å². The van der Waals surface area contributed by atoms with Gasteiger partial charge >= 0.3 is 0 Å². The monoisotopic (exact) mass is 244 g/mol. The summed E-state index contributed by atoms with van der Waals surface area (Å²) in [5.74, 6) is 2.44. The summed E-state index contributed by atoms with van der Waals surface area (Å²) in [7, 11) is 0. The van der Waals surface area contributed by atoms with E-state index in [1.165, 1.54) is 0 Å². The molecular weight excluding hydrogens is 224 g/mol. The first kappa shape index (κ1) is 12.2. The number of hydrogen-bond acceptors (Lipinski definition) is 4. The molecule has 0 aliphatic carbocycles. The van der Waals surface area contributed by atoms with E-state index in [-0.39, 0.29) is 12.0 Å². The molecule has 16 heavy (non-hydrogen) atoms. The Hall–Kier alpha value is -0.260. The zero-order valence-electron chi connectivity index (χ0n) is 9.61. The quantitative estimate of drug-likeness (QED) is 0.774. The first-order valence-corrected chi connectivity index (χ1v) is 7.18. The molecule has 2 saturated heterocycles. The van der Waals surface area contributed by atoms with Crippen molar-refractivity contribution in [2.75, 3.05) is 44.3 Å². The fourth-order valence-corrected chi connectivity index (χ4v) is 3.03. The van der Waals surface area contributed by atoms with E-state index >= 15 is 0 Å². The first-order valence-electron chi connectivity index (χ1n) is 6.03. The first-order chi connectivity index (χ1) is 7.84. The fourth-order valence-electron chi connectivity index (χ4n) is 2.05. The van der Waals surface area contributed by atoms with Crippen LogP contribution < -0.4 is 5.32 Å². The van der Waals surface area contributed by atoms with Crippen LogP contribution in [-0.2, 0) is 9.53 Å². The van der Waals surface area contributed by atoms with Crippen LogP contribution in [0.15, 0.2) is 0 Å². The van der Waals surface area contributed by atoms with E-state index in [1.54, 1.807) is 0 Å². The maximum atomic E-state index is 11.7. The van der Waals surface area contributed by atoms with Gasteiger partial charge in [-0.3, -0.25) is 9.69 Å². The minimum absolute atomic E-state index is 0.141. The molecular formula is C11H20N2O2S. The largest absolute Gasteiger partial charge is 0.376 e. The van der Waals surface area contributed by atoms with Crippen LogP contribution in [0.5, 0.6) is 0 Å². The summed E-state index contributed by atoms with van der Waals surface area (Å²) in [6.45, 7) is 4.16. The van der Waals surface area contributed by atoms with Gasteiger partial charge in [0.25, 0.3) is 0 Å². The molecule has 2 fully saturated rings. The molecule has 0 aromatic heterocycles. The van der Waals surface area contributed by atoms with E-state index in [4.69, 9.17) is 4.74 Å². The molecule has 1 atom stereocenters. The number of nitrogens with one attached hydrogen (secondary N) is 1. The molecule has 0 spiro atoms. The SMILES string of the molecule is O=C(CN1CCSCC1)NCC1CCCO1. The zero-order valence-corrected chi connectivity index (χ0v) is 10.4. The van der Waals surface area contributed by atoms with Crippen LogP contribution in [0.3, 0.4) is 0 Å². The van der Waals surface area contributed by atoms with E-state index in [2.05, 4.69) is 10.2 Å². The smallest absolute Gasteiger partial charge is 0.234 e. The summed E-state index contributed by atoms with van der Waals surface area (Å²) < 4.78 is 5.46. The summed E-state index contributed by atoms with van der Waals surface area (Å²) in [5.41, 5.74) is 0. The van der Waals surface area contributed by atoms with Gasteiger partial charge in [-0.15, -0.1) is 0 Å². The Bertz CT molecular complexity index is 226. The Kier molecular flexibility index (Phi) is 4.93. The molecule has 0 saturated carbocycles. The molecule has 2 aliphatic heterocycles. The van der Waals surface area contributed by atoms with Crippen molar-refractivity contribution in [2.45, 2.75) is 18.9 Å². The lowest BCUT2D eigenvalue weighted by Gasteiger charge is -2.25. The van der Waals surface area contributed by atoms with E-state index < -0.39 is 0 Å². The highest BCUT2D eigenvalue weighted by Gasteiger charge is 2.18. The Morgan fingerprint density at radius 1 is 1.44 bits per heavy atom. The summed E-state index contributed by atoms with van der Waals surface area (Å²) in [4.78, 5) is 13.9. The number of amides is 1. The number of carbonyl (C=O) groups is 1. The Labute approximate surface area is 101 Å². The highest BCUT2D eigenvalue weighted by Crippen LogP contribution is 2.11. The topological polar surface area (TPSA) is 41.6 Å². The van der Waals surface area contributed by atoms with Gasteiger partial charge in [-0.05, 0) is 12.8 Å². The van der Waals surface area contributed by atoms with Crippen molar-refractivity contribution in [2.24, 2.45) is 0 Å². The second kappa shape index (κ2) is 6.47. The maximum absolute atomic E-state index is 11.7. The van der Waals surface area contributed by atoms with Gasteiger partial charge in [0.2, 0.25) is 5.91 Å². The van der Waals surface area contributed by atoms with Gasteiger partial charge < -0.3 is 10.1 Å². The average Bonchev–Trinajstić information content (AvgIpc) is 2.81. The third-order valence-electron chi connectivity index (χ3n) is 3.02. The van der Waals surface area contributed by atoms with Crippen LogP contribution in [0.25, 0.3) is 0 Å². The van der Waals surface area contributed by atoms with Crippen LogP contribution >= 0.6 is 11.8 Å². The van der Waals surface area contributed by atoms with Gasteiger partial charge in [-0.1, -0.05) is 0 Å². The van der Waals surface area contributed by atoms with Crippen LogP contribution in [0.1, 0.15) is 12.8 Å². The van der Waals surface area contributed by atoms with Crippen molar-refractivity contribution in [1.29, 1.82) is 0 Å². The highest BCUT2D eigenvalue weighted by molar-refractivity contribution is 7.99. The third kappa shape index (κ3) is 3.96. The maximum Gasteiger partial charge on any atom is 0.234 e. The molecule has 0 aromatic carbocycles. The molecule has 2 heterocycles. The molecule has 1 N–H and O–H groups in total. The van der Waals surface area contributed by atoms with Gasteiger partial charge in [-0.25, -0.2) is 0 Å². The van der Waals surface area contributed by atoms with E-state index in [0.29, 0.717) is 13.1 Å². The average molecular weight is 244 g/mol. The van der Waals surface area contributed by atoms with Crippen molar-refractivity contribution in [3.8, 4) is 0 Å². The van der Waals surface area contributed by atoms with Gasteiger partial charge in [0.1, 0.15) is 0 Å². The molecule has 1 unspecified atom stereocenters. The number of hydrogen-bond donors (Lipinski definition) is 1. The van der Waals surface area contributed by atoms with Crippen molar-refractivity contribution in [3.05, 3.63) is 0 Å². The van der Waals surface area contributed by atoms with E-state index in [0.717, 1.165) is 44.0 Å². The molecule has 0 bridgehead atoms. The minimum atomic E-state index is 0.141. The van der Waals surface area contributed by atoms with Crippen molar-refractivity contribution in [3.63, 3.8) is 0 Å². The summed E-state index contributed by atoms with van der Waals surface area (Å²) in [6, 6.07) is 0. The number of rotatable bonds is 4. The van der Waals surface area contributed by atoms with E-state index in [1.807, 2.05) is 11.8 Å². The molecule has 0 radical (unpaired) electrons. The standard InChI is InChI=1S/C11H20N2O2S/c14-11(9-13-3-6-16-7-4-13)12-8-10-2-1-5-15-10/h10H,1-9H2,(H,12,14). The lowest BCUT2D eigenvalue weighted by Crippen LogP contribution is -2.43. The van der Waals surface area contributed by atoms with E-state index in [9.17, 15) is 4.79 Å². The fraction of sp³-hybridized carbons (Fsp3) is 0.909. The molecule has 2 rings (SSSR count). The predicted molar refractivity (Wildman–Crippen MR) is 65.7 cm³/mol. The van der Waals surface area contributed by atoms with Gasteiger partial charge in [0.05, 0.1) is 12.6 Å². The lowest BCUT2D eigenvalue weighted by atomic mass is 10.2. The molecule has 1 amide bonds. The molecule has 0 aromatic rings. The molecule has 4 nitrogen and oxygen atoms in total. The second-order valence-corrected chi connectivity index (χ2v) is 5.55. The van der Waals surface area contributed by atoms with Gasteiger partial charge in [0, 0.05) is 37.7 Å². The summed E-state index contributed by atoms with van der Waals surface area (Å²) in [5, 5.41) is 2.96. The molecule has 92 valence electrons. The lowest BCUT2D eigenvalue weighted by molar-refractivity contribution is -0.122. The summed E-state index contributed by atoms with van der Waals surface area (Å²) in [6.07, 6.45) is 2.46. The van der Waals surface area contributed by atoms with Crippen molar-refractivity contribution in [1.82, 2.24) is 10.2 Å². The molecule has 5 heteroatoms. The third-order valence-corrected chi connectivity index (χ3v) is 3.96. The number of thioether (sulfide) groups is 1. The highest BCUT2D eigenvalue weighted by atomic mass is 32.2. The number of ether oxygens (including phenoxy) is 1. The Morgan fingerprint density at radius 2 is 2.25 bits per heavy atom. The van der Waals surface area contributed by atoms with Crippen LogP contribution in [0.4, 0.5) is 0 Å². The predicted octanol–water partition coefficient (Wildman–Crippen LogP) is 0.330. The van der Waals surface area contributed by atoms with Crippen LogP contribution in [0, 0.1) is 0 Å². The Morgan fingerprint density at radius 3 is 2.94 bits per heavy atom. The molecule has 2 aliphatic rings. The zero-order chi connectivity index (χ0) is 11.2. The van der Waals surface area contributed by atoms with Crippen LogP contribution in [0.2, 0.25) is 0 Å².